The zero-order chi connectivity index (χ0) is 11.6. The lowest BCUT2D eigenvalue weighted by molar-refractivity contribution is -0.141. The van der Waals surface area contributed by atoms with Crippen molar-refractivity contribution in [2.75, 3.05) is 5.73 Å². The molecular formula is C12H17NO2. The van der Waals surface area contributed by atoms with Crippen molar-refractivity contribution in [1.29, 1.82) is 0 Å². The number of carbonyl (C=O) groups is 1. The van der Waals surface area contributed by atoms with Crippen LogP contribution in [0.1, 0.15) is 32.3 Å². The summed E-state index contributed by atoms with van der Waals surface area (Å²) in [5.74, 6) is -1.30. The van der Waals surface area contributed by atoms with Crippen molar-refractivity contribution in [3.05, 3.63) is 29.8 Å². The molecule has 0 amide bonds. The molecular weight excluding hydrogens is 190 g/mol. The molecule has 82 valence electrons. The fraction of sp³-hybridized carbons (Fsp3) is 0.417. The first-order valence-electron chi connectivity index (χ1n) is 4.90. The number of nitrogens with two attached hydrogens (primary N) is 1. The van der Waals surface area contributed by atoms with Crippen molar-refractivity contribution in [2.45, 2.75) is 26.7 Å². The smallest absolute Gasteiger partial charge is 0.311 e. The van der Waals surface area contributed by atoms with Gasteiger partial charge in [0.05, 0.1) is 5.92 Å². The van der Waals surface area contributed by atoms with Crippen molar-refractivity contribution in [3.8, 4) is 0 Å². The van der Waals surface area contributed by atoms with Gasteiger partial charge in [-0.3, -0.25) is 4.79 Å². The molecule has 0 saturated heterocycles. The third-order valence-electron chi connectivity index (χ3n) is 2.38. The van der Waals surface area contributed by atoms with Crippen molar-refractivity contribution >= 4 is 11.7 Å². The molecule has 0 spiro atoms. The molecule has 1 atom stereocenters. The summed E-state index contributed by atoms with van der Waals surface area (Å²) in [4.78, 5) is 11.2. The van der Waals surface area contributed by atoms with Crippen LogP contribution in [-0.4, -0.2) is 11.1 Å². The molecule has 0 fully saturated rings. The van der Waals surface area contributed by atoms with Gasteiger partial charge in [0.25, 0.3) is 0 Å². The van der Waals surface area contributed by atoms with Gasteiger partial charge in [0.1, 0.15) is 0 Å². The maximum absolute atomic E-state index is 11.2. The lowest BCUT2D eigenvalue weighted by Gasteiger charge is -2.27. The fourth-order valence-corrected chi connectivity index (χ4v) is 1.70. The molecule has 0 aromatic heterocycles. The Kier molecular flexibility index (Phi) is 3.03. The van der Waals surface area contributed by atoms with E-state index in [9.17, 15) is 9.90 Å². The number of aliphatic carboxylic acids is 1. The predicted octanol–water partition coefficient (Wildman–Crippen LogP) is 2.48. The number of anilines is 1. The Morgan fingerprint density at radius 1 is 1.27 bits per heavy atom. The summed E-state index contributed by atoms with van der Waals surface area (Å²) in [6.45, 7) is 5.76. The Bertz CT molecular complexity index is 349. The van der Waals surface area contributed by atoms with E-state index in [0.29, 0.717) is 5.69 Å². The molecule has 1 aromatic rings. The van der Waals surface area contributed by atoms with E-state index < -0.39 is 11.9 Å². The molecule has 0 radical (unpaired) electrons. The Hall–Kier alpha value is -1.51. The van der Waals surface area contributed by atoms with E-state index in [-0.39, 0.29) is 5.41 Å². The van der Waals surface area contributed by atoms with E-state index in [0.717, 1.165) is 5.56 Å². The summed E-state index contributed by atoms with van der Waals surface area (Å²) in [6.07, 6.45) is 0. The third kappa shape index (κ3) is 2.72. The van der Waals surface area contributed by atoms with Gasteiger partial charge in [0.2, 0.25) is 0 Å². The molecule has 3 nitrogen and oxygen atoms in total. The second-order valence-corrected chi connectivity index (χ2v) is 4.80. The zero-order valence-corrected chi connectivity index (χ0v) is 9.32. The number of rotatable bonds is 2. The molecule has 3 N–H and O–H groups in total. The Morgan fingerprint density at radius 3 is 2.07 bits per heavy atom. The Morgan fingerprint density at radius 2 is 1.73 bits per heavy atom. The molecule has 0 unspecified atom stereocenters. The van der Waals surface area contributed by atoms with Crippen LogP contribution < -0.4 is 5.73 Å². The molecule has 0 aliphatic rings. The van der Waals surface area contributed by atoms with Gasteiger partial charge in [-0.1, -0.05) is 32.9 Å². The van der Waals surface area contributed by atoms with Crippen LogP contribution in [0.3, 0.4) is 0 Å². The molecule has 0 bridgehead atoms. The molecule has 1 aromatic carbocycles. The first-order valence-corrected chi connectivity index (χ1v) is 4.90. The normalized spacial score (nSPS) is 13.5. The topological polar surface area (TPSA) is 63.3 Å². The first kappa shape index (κ1) is 11.6. The van der Waals surface area contributed by atoms with Crippen molar-refractivity contribution in [1.82, 2.24) is 0 Å². The highest BCUT2D eigenvalue weighted by Gasteiger charge is 2.32. The van der Waals surface area contributed by atoms with Crippen LogP contribution in [0.5, 0.6) is 0 Å². The van der Waals surface area contributed by atoms with Crippen molar-refractivity contribution < 1.29 is 9.90 Å². The molecule has 3 heteroatoms. The Labute approximate surface area is 89.9 Å². The van der Waals surface area contributed by atoms with Crippen LogP contribution in [0.4, 0.5) is 5.69 Å². The number of benzene rings is 1. The lowest BCUT2D eigenvalue weighted by atomic mass is 9.76. The second kappa shape index (κ2) is 3.93. The highest BCUT2D eigenvalue weighted by Crippen LogP contribution is 2.35. The summed E-state index contributed by atoms with van der Waals surface area (Å²) >= 11 is 0. The lowest BCUT2D eigenvalue weighted by Crippen LogP contribution is -2.26. The van der Waals surface area contributed by atoms with Crippen LogP contribution in [0.2, 0.25) is 0 Å². The largest absolute Gasteiger partial charge is 0.481 e. The van der Waals surface area contributed by atoms with Gasteiger partial charge in [-0.2, -0.15) is 0 Å². The van der Waals surface area contributed by atoms with E-state index in [4.69, 9.17) is 5.73 Å². The van der Waals surface area contributed by atoms with Gasteiger partial charge >= 0.3 is 5.97 Å². The van der Waals surface area contributed by atoms with E-state index in [1.165, 1.54) is 0 Å². The molecule has 0 heterocycles. The van der Waals surface area contributed by atoms with E-state index in [1.54, 1.807) is 24.3 Å². The van der Waals surface area contributed by atoms with Crippen LogP contribution in [-0.2, 0) is 4.79 Å². The van der Waals surface area contributed by atoms with Crippen LogP contribution in [0.25, 0.3) is 0 Å². The standard InChI is InChI=1S/C12H17NO2/c1-12(2,3)10(11(14)15)8-4-6-9(13)7-5-8/h4-7,10H,13H2,1-3H3,(H,14,15)/t10-/m0/s1. The van der Waals surface area contributed by atoms with Crippen LogP contribution in [0, 0.1) is 5.41 Å². The minimum Gasteiger partial charge on any atom is -0.481 e. The van der Waals surface area contributed by atoms with Gasteiger partial charge in [-0.25, -0.2) is 0 Å². The van der Waals surface area contributed by atoms with E-state index in [1.807, 2.05) is 20.8 Å². The SMILES string of the molecule is CC(C)(C)[C@H](C(=O)O)c1ccc(N)cc1. The predicted molar refractivity (Wildman–Crippen MR) is 60.7 cm³/mol. The summed E-state index contributed by atoms with van der Waals surface area (Å²) in [5, 5.41) is 9.20. The maximum atomic E-state index is 11.2. The minimum absolute atomic E-state index is 0.304. The van der Waals surface area contributed by atoms with Gasteiger partial charge in [-0.05, 0) is 23.1 Å². The number of hydrogen-bond donors (Lipinski definition) is 2. The highest BCUT2D eigenvalue weighted by molar-refractivity contribution is 5.77. The highest BCUT2D eigenvalue weighted by atomic mass is 16.4. The minimum atomic E-state index is -0.799. The van der Waals surface area contributed by atoms with Crippen LogP contribution in [0.15, 0.2) is 24.3 Å². The van der Waals surface area contributed by atoms with Crippen molar-refractivity contribution in [3.63, 3.8) is 0 Å². The third-order valence-corrected chi connectivity index (χ3v) is 2.38. The fourth-order valence-electron chi connectivity index (χ4n) is 1.70. The van der Waals surface area contributed by atoms with E-state index in [2.05, 4.69) is 0 Å². The average molecular weight is 207 g/mol. The Balaban J connectivity index is 3.11. The van der Waals surface area contributed by atoms with Gasteiger partial charge in [0.15, 0.2) is 0 Å². The monoisotopic (exact) mass is 207 g/mol. The molecule has 0 aliphatic heterocycles. The summed E-state index contributed by atoms with van der Waals surface area (Å²) in [6, 6.07) is 7.02. The van der Waals surface area contributed by atoms with Gasteiger partial charge in [-0.15, -0.1) is 0 Å². The van der Waals surface area contributed by atoms with Crippen molar-refractivity contribution in [2.24, 2.45) is 5.41 Å². The van der Waals surface area contributed by atoms with Gasteiger partial charge in [0, 0.05) is 5.69 Å². The van der Waals surface area contributed by atoms with Gasteiger partial charge < -0.3 is 10.8 Å². The number of carboxylic acids is 1. The second-order valence-electron chi connectivity index (χ2n) is 4.80. The van der Waals surface area contributed by atoms with E-state index >= 15 is 0 Å². The summed E-state index contributed by atoms with van der Waals surface area (Å²) < 4.78 is 0. The molecule has 15 heavy (non-hydrogen) atoms. The molecule has 0 aliphatic carbocycles. The molecule has 0 saturated carbocycles. The number of nitrogen functional groups attached to an aromatic ring is 1. The maximum Gasteiger partial charge on any atom is 0.311 e. The quantitative estimate of drug-likeness (QED) is 0.732. The first-order chi connectivity index (χ1) is 6.82. The molecule has 1 rings (SSSR count). The van der Waals surface area contributed by atoms with Crippen LogP contribution >= 0.6 is 0 Å². The summed E-state index contributed by atoms with van der Waals surface area (Å²) in [7, 11) is 0. The number of carboxylic acid groups (broad SMARTS) is 1. The average Bonchev–Trinajstić information content (AvgIpc) is 2.05. The summed E-state index contributed by atoms with van der Waals surface area (Å²) in [5.41, 5.74) is 6.71. The number of hydrogen-bond acceptors (Lipinski definition) is 2. The zero-order valence-electron chi connectivity index (χ0n) is 9.32.